The van der Waals surface area contributed by atoms with Gasteiger partial charge in [-0.25, -0.2) is 8.42 Å². The van der Waals surface area contributed by atoms with Crippen LogP contribution >= 0.6 is 0 Å². The van der Waals surface area contributed by atoms with Gasteiger partial charge in [0.15, 0.2) is 9.84 Å². The summed E-state index contributed by atoms with van der Waals surface area (Å²) < 4.78 is 23.8. The number of rotatable bonds is 3. The third-order valence-corrected chi connectivity index (χ3v) is 5.72. The van der Waals surface area contributed by atoms with E-state index >= 15 is 0 Å². The lowest BCUT2D eigenvalue weighted by Gasteiger charge is -2.47. The summed E-state index contributed by atoms with van der Waals surface area (Å²) in [7, 11) is -2.80. The molecule has 1 aliphatic heterocycles. The van der Waals surface area contributed by atoms with Crippen LogP contribution in [0, 0.1) is 5.92 Å². The average Bonchev–Trinajstić information content (AvgIpc) is 2.60. The van der Waals surface area contributed by atoms with Gasteiger partial charge in [0.1, 0.15) is 0 Å². The van der Waals surface area contributed by atoms with Crippen molar-refractivity contribution in [3.63, 3.8) is 0 Å². The van der Waals surface area contributed by atoms with E-state index in [2.05, 4.69) is 25.7 Å². The molecule has 1 heterocycles. The summed E-state index contributed by atoms with van der Waals surface area (Å²) in [5.74, 6) is 0.925. The predicted molar refractivity (Wildman–Crippen MR) is 61.6 cm³/mol. The highest BCUT2D eigenvalue weighted by atomic mass is 32.2. The Bertz CT molecular complexity index is 332. The third kappa shape index (κ3) is 2.53. The third-order valence-electron chi connectivity index (χ3n) is 3.47. The minimum atomic E-state index is -2.80. The maximum Gasteiger partial charge on any atom is 0.155 e. The highest BCUT2D eigenvalue weighted by molar-refractivity contribution is 7.92. The molecule has 2 aliphatic rings. The van der Waals surface area contributed by atoms with Gasteiger partial charge < -0.3 is 0 Å². The van der Waals surface area contributed by atoms with Crippen LogP contribution in [0.3, 0.4) is 0 Å². The molecule has 0 aromatic rings. The van der Waals surface area contributed by atoms with Crippen LogP contribution in [0.25, 0.3) is 0 Å². The van der Waals surface area contributed by atoms with Crippen molar-refractivity contribution >= 4 is 9.84 Å². The largest absolute Gasteiger partial charge is 0.296 e. The van der Waals surface area contributed by atoms with Crippen molar-refractivity contribution in [1.29, 1.82) is 0 Å². The molecule has 88 valence electrons. The Kier molecular flexibility index (Phi) is 2.62. The van der Waals surface area contributed by atoms with Crippen molar-refractivity contribution in [3.8, 4) is 0 Å². The molecule has 3 nitrogen and oxygen atoms in total. The Labute approximate surface area is 92.8 Å². The molecule has 0 aromatic carbocycles. The van der Waals surface area contributed by atoms with E-state index in [1.54, 1.807) is 0 Å². The summed E-state index contributed by atoms with van der Waals surface area (Å²) in [5.41, 5.74) is 0.117. The number of hydrogen-bond donors (Lipinski definition) is 0. The first-order valence-corrected chi connectivity index (χ1v) is 7.47. The van der Waals surface area contributed by atoms with Gasteiger partial charge in [-0.1, -0.05) is 0 Å². The Morgan fingerprint density at radius 1 is 1.20 bits per heavy atom. The van der Waals surface area contributed by atoms with Crippen molar-refractivity contribution in [1.82, 2.24) is 4.90 Å². The highest BCUT2D eigenvalue weighted by Crippen LogP contribution is 2.33. The lowest BCUT2D eigenvalue weighted by molar-refractivity contribution is 0.0723. The number of nitrogens with zero attached hydrogens (tertiary/aromatic N) is 1. The standard InChI is InChI=1S/C11H21NO2S/c1-11(2,3)12-6-10(7-12)15(13,14)8-9-4-5-9/h9-10H,4-8H2,1-3H3. The first-order chi connectivity index (χ1) is 6.79. The van der Waals surface area contributed by atoms with Gasteiger partial charge in [-0.05, 0) is 39.5 Å². The first kappa shape index (κ1) is 11.4. The molecule has 0 amide bonds. The minimum Gasteiger partial charge on any atom is -0.296 e. The van der Waals surface area contributed by atoms with Crippen LogP contribution in [0.15, 0.2) is 0 Å². The van der Waals surface area contributed by atoms with Crippen LogP contribution in [-0.2, 0) is 9.84 Å². The van der Waals surface area contributed by atoms with E-state index in [0.29, 0.717) is 11.7 Å². The fourth-order valence-corrected chi connectivity index (χ4v) is 4.04. The fraction of sp³-hybridized carbons (Fsp3) is 1.00. The van der Waals surface area contributed by atoms with Crippen molar-refractivity contribution < 1.29 is 8.42 Å². The topological polar surface area (TPSA) is 37.4 Å². The van der Waals surface area contributed by atoms with E-state index in [1.807, 2.05) is 0 Å². The van der Waals surface area contributed by atoms with Crippen LogP contribution in [-0.4, -0.2) is 42.9 Å². The Balaban J connectivity index is 1.87. The molecule has 0 N–H and O–H groups in total. The number of hydrogen-bond acceptors (Lipinski definition) is 3. The monoisotopic (exact) mass is 231 g/mol. The molecule has 1 saturated carbocycles. The van der Waals surface area contributed by atoms with Gasteiger partial charge in [0.05, 0.1) is 11.0 Å². The van der Waals surface area contributed by atoms with Crippen molar-refractivity contribution in [2.24, 2.45) is 5.92 Å². The summed E-state index contributed by atoms with van der Waals surface area (Å²) in [5, 5.41) is -0.0858. The zero-order valence-electron chi connectivity index (χ0n) is 9.86. The summed E-state index contributed by atoms with van der Waals surface area (Å²) in [6.45, 7) is 7.88. The molecule has 1 saturated heterocycles. The smallest absolute Gasteiger partial charge is 0.155 e. The highest BCUT2D eigenvalue weighted by Gasteiger charge is 2.43. The quantitative estimate of drug-likeness (QED) is 0.734. The maximum atomic E-state index is 11.9. The molecular weight excluding hydrogens is 210 g/mol. The van der Waals surface area contributed by atoms with Crippen LogP contribution in [0.1, 0.15) is 33.6 Å². The second kappa shape index (κ2) is 3.45. The van der Waals surface area contributed by atoms with Crippen LogP contribution < -0.4 is 0 Å². The van der Waals surface area contributed by atoms with E-state index in [-0.39, 0.29) is 10.8 Å². The van der Waals surface area contributed by atoms with Crippen LogP contribution in [0.5, 0.6) is 0 Å². The number of likely N-dealkylation sites (tertiary alicyclic amines) is 1. The maximum absolute atomic E-state index is 11.9. The molecule has 0 atom stereocenters. The molecule has 0 unspecified atom stereocenters. The normalized spacial score (nSPS) is 25.3. The minimum absolute atomic E-state index is 0.0858. The van der Waals surface area contributed by atoms with E-state index in [0.717, 1.165) is 25.9 Å². The summed E-state index contributed by atoms with van der Waals surface area (Å²) >= 11 is 0. The van der Waals surface area contributed by atoms with Gasteiger partial charge >= 0.3 is 0 Å². The summed E-state index contributed by atoms with van der Waals surface area (Å²) in [4.78, 5) is 2.24. The Morgan fingerprint density at radius 3 is 2.13 bits per heavy atom. The summed E-state index contributed by atoms with van der Waals surface area (Å²) in [6, 6.07) is 0. The lowest BCUT2D eigenvalue weighted by atomic mass is 10.0. The molecule has 0 bridgehead atoms. The van der Waals surface area contributed by atoms with Gasteiger partial charge in [0, 0.05) is 18.6 Å². The van der Waals surface area contributed by atoms with Gasteiger partial charge in [-0.3, -0.25) is 4.90 Å². The fourth-order valence-electron chi connectivity index (χ4n) is 1.96. The van der Waals surface area contributed by atoms with Crippen molar-refractivity contribution in [3.05, 3.63) is 0 Å². The zero-order chi connectivity index (χ0) is 11.3. The van der Waals surface area contributed by atoms with Gasteiger partial charge in [0.25, 0.3) is 0 Å². The molecule has 15 heavy (non-hydrogen) atoms. The summed E-state index contributed by atoms with van der Waals surface area (Å²) in [6.07, 6.45) is 2.24. The van der Waals surface area contributed by atoms with Crippen LogP contribution in [0.4, 0.5) is 0 Å². The van der Waals surface area contributed by atoms with Crippen LogP contribution in [0.2, 0.25) is 0 Å². The SMILES string of the molecule is CC(C)(C)N1CC(S(=O)(=O)CC2CC2)C1. The Hall–Kier alpha value is -0.0900. The molecule has 1 aliphatic carbocycles. The van der Waals surface area contributed by atoms with Crippen molar-refractivity contribution in [2.45, 2.75) is 44.4 Å². The zero-order valence-corrected chi connectivity index (χ0v) is 10.7. The lowest BCUT2D eigenvalue weighted by Crippen LogP contribution is -2.61. The van der Waals surface area contributed by atoms with Gasteiger partial charge in [-0.15, -0.1) is 0 Å². The number of sulfone groups is 1. The van der Waals surface area contributed by atoms with E-state index in [9.17, 15) is 8.42 Å². The molecule has 2 rings (SSSR count). The van der Waals surface area contributed by atoms with Gasteiger partial charge in [0.2, 0.25) is 0 Å². The molecule has 4 heteroatoms. The molecule has 2 fully saturated rings. The second-order valence-corrected chi connectivity index (χ2v) is 8.30. The van der Waals surface area contributed by atoms with E-state index < -0.39 is 9.84 Å². The molecular formula is C11H21NO2S. The van der Waals surface area contributed by atoms with E-state index in [1.165, 1.54) is 0 Å². The average molecular weight is 231 g/mol. The van der Waals surface area contributed by atoms with Crippen molar-refractivity contribution in [2.75, 3.05) is 18.8 Å². The first-order valence-electron chi connectivity index (χ1n) is 5.76. The molecule has 0 spiro atoms. The van der Waals surface area contributed by atoms with Gasteiger partial charge in [-0.2, -0.15) is 0 Å². The predicted octanol–water partition coefficient (Wildman–Crippen LogP) is 1.29. The Morgan fingerprint density at radius 2 is 1.73 bits per heavy atom. The molecule has 0 radical (unpaired) electrons. The molecule has 0 aromatic heterocycles. The van der Waals surface area contributed by atoms with E-state index in [4.69, 9.17) is 0 Å². The second-order valence-electron chi connectivity index (χ2n) is 5.97.